The predicted octanol–water partition coefficient (Wildman–Crippen LogP) is 2.95. The molecule has 3 nitrogen and oxygen atoms in total. The van der Waals surface area contributed by atoms with Crippen molar-refractivity contribution in [1.82, 2.24) is 4.98 Å². The van der Waals surface area contributed by atoms with E-state index >= 15 is 0 Å². The summed E-state index contributed by atoms with van der Waals surface area (Å²) in [7, 11) is 0. The average molecular weight is 223 g/mol. The van der Waals surface area contributed by atoms with E-state index < -0.39 is 6.10 Å². The Morgan fingerprint density at radius 2 is 2.06 bits per heavy atom. The van der Waals surface area contributed by atoms with Crippen LogP contribution in [0.3, 0.4) is 0 Å². The van der Waals surface area contributed by atoms with Crippen LogP contribution in [0.1, 0.15) is 45.3 Å². The maximum Gasteiger partial charge on any atom is 0.137 e. The number of ether oxygens (including phenoxy) is 1. The number of aliphatic hydroxyl groups excluding tert-OH is 1. The quantitative estimate of drug-likeness (QED) is 0.806. The smallest absolute Gasteiger partial charge is 0.137 e. The van der Waals surface area contributed by atoms with Gasteiger partial charge in [-0.05, 0) is 31.7 Å². The minimum atomic E-state index is -0.435. The zero-order valence-electron chi connectivity index (χ0n) is 10.3. The third-order valence-electron chi connectivity index (χ3n) is 2.45. The molecule has 0 aliphatic rings. The molecule has 1 N–H and O–H groups in total. The van der Waals surface area contributed by atoms with Gasteiger partial charge >= 0.3 is 0 Å². The zero-order valence-corrected chi connectivity index (χ0v) is 10.3. The van der Waals surface area contributed by atoms with E-state index in [-0.39, 0.29) is 0 Å². The number of aromatic nitrogens is 1. The fourth-order valence-electron chi connectivity index (χ4n) is 1.52. The Morgan fingerprint density at radius 1 is 1.31 bits per heavy atom. The van der Waals surface area contributed by atoms with Gasteiger partial charge in [-0.2, -0.15) is 0 Å². The average Bonchev–Trinajstić information content (AvgIpc) is 2.26. The molecule has 0 spiro atoms. The Kier molecular flexibility index (Phi) is 5.26. The van der Waals surface area contributed by atoms with Gasteiger partial charge in [0.25, 0.3) is 0 Å². The van der Waals surface area contributed by atoms with Crippen LogP contribution in [-0.2, 0) is 0 Å². The highest BCUT2D eigenvalue weighted by atomic mass is 16.5. The first kappa shape index (κ1) is 13.0. The van der Waals surface area contributed by atoms with Crippen LogP contribution < -0.4 is 4.74 Å². The normalized spacial score (nSPS) is 12.8. The van der Waals surface area contributed by atoms with Crippen molar-refractivity contribution in [3.8, 4) is 5.75 Å². The molecule has 0 aliphatic carbocycles. The lowest BCUT2D eigenvalue weighted by Crippen LogP contribution is -2.01. The van der Waals surface area contributed by atoms with Crippen LogP contribution in [0.15, 0.2) is 18.5 Å². The van der Waals surface area contributed by atoms with E-state index in [2.05, 4.69) is 18.8 Å². The minimum Gasteiger partial charge on any atom is -0.492 e. The molecule has 1 rings (SSSR count). The van der Waals surface area contributed by atoms with E-state index in [1.807, 2.05) is 13.0 Å². The number of hydrogen-bond acceptors (Lipinski definition) is 3. The molecule has 1 unspecified atom stereocenters. The molecule has 1 atom stereocenters. The lowest BCUT2D eigenvalue weighted by molar-refractivity contribution is 0.158. The van der Waals surface area contributed by atoms with Crippen molar-refractivity contribution in [2.24, 2.45) is 5.92 Å². The lowest BCUT2D eigenvalue weighted by Gasteiger charge is -2.13. The topological polar surface area (TPSA) is 42.4 Å². The van der Waals surface area contributed by atoms with E-state index in [9.17, 15) is 5.11 Å². The van der Waals surface area contributed by atoms with Gasteiger partial charge < -0.3 is 9.84 Å². The van der Waals surface area contributed by atoms with Gasteiger partial charge in [0.15, 0.2) is 0 Å². The second-order valence-electron chi connectivity index (χ2n) is 4.37. The van der Waals surface area contributed by atoms with Crippen LogP contribution in [0.25, 0.3) is 0 Å². The number of aliphatic hydroxyl groups is 1. The Hall–Kier alpha value is -1.09. The zero-order chi connectivity index (χ0) is 12.0. The fourth-order valence-corrected chi connectivity index (χ4v) is 1.52. The second-order valence-corrected chi connectivity index (χ2v) is 4.37. The summed E-state index contributed by atoms with van der Waals surface area (Å²) in [6, 6.07) is 1.86. The molecule has 0 aromatic carbocycles. The standard InChI is InChI=1S/C13H21NO2/c1-4-16-12-7-11(8-14-9-12)13(15)6-5-10(2)3/h7-10,13,15H,4-6H2,1-3H3. The van der Waals surface area contributed by atoms with Crippen molar-refractivity contribution in [1.29, 1.82) is 0 Å². The van der Waals surface area contributed by atoms with Crippen molar-refractivity contribution in [3.05, 3.63) is 24.0 Å². The lowest BCUT2D eigenvalue weighted by atomic mass is 10.0. The molecule has 0 radical (unpaired) electrons. The Labute approximate surface area is 97.5 Å². The summed E-state index contributed by atoms with van der Waals surface area (Å²) in [5.74, 6) is 1.33. The molecular formula is C13H21NO2. The van der Waals surface area contributed by atoms with Crippen molar-refractivity contribution < 1.29 is 9.84 Å². The highest BCUT2D eigenvalue weighted by molar-refractivity contribution is 5.25. The molecule has 0 saturated heterocycles. The van der Waals surface area contributed by atoms with Crippen molar-refractivity contribution >= 4 is 0 Å². The molecule has 0 saturated carbocycles. The van der Waals surface area contributed by atoms with Crippen LogP contribution in [0.2, 0.25) is 0 Å². The summed E-state index contributed by atoms with van der Waals surface area (Å²) in [5.41, 5.74) is 0.839. The Bertz CT molecular complexity index is 313. The molecular weight excluding hydrogens is 202 g/mol. The first-order chi connectivity index (χ1) is 7.63. The van der Waals surface area contributed by atoms with E-state index in [1.165, 1.54) is 0 Å². The summed E-state index contributed by atoms with van der Waals surface area (Å²) < 4.78 is 5.35. The van der Waals surface area contributed by atoms with Crippen LogP contribution in [0.4, 0.5) is 0 Å². The molecule has 0 bridgehead atoms. The highest BCUT2D eigenvalue weighted by Gasteiger charge is 2.09. The number of hydrogen-bond donors (Lipinski definition) is 1. The minimum absolute atomic E-state index is 0.435. The van der Waals surface area contributed by atoms with Gasteiger partial charge in [0, 0.05) is 11.8 Å². The first-order valence-corrected chi connectivity index (χ1v) is 5.89. The van der Waals surface area contributed by atoms with Gasteiger partial charge in [0.2, 0.25) is 0 Å². The molecule has 3 heteroatoms. The van der Waals surface area contributed by atoms with Gasteiger partial charge in [-0.1, -0.05) is 13.8 Å². The SMILES string of the molecule is CCOc1cncc(C(O)CCC(C)C)c1. The third kappa shape index (κ3) is 4.19. The van der Waals surface area contributed by atoms with E-state index in [0.717, 1.165) is 24.2 Å². The van der Waals surface area contributed by atoms with Crippen LogP contribution >= 0.6 is 0 Å². The fraction of sp³-hybridized carbons (Fsp3) is 0.615. The van der Waals surface area contributed by atoms with Crippen LogP contribution in [0, 0.1) is 5.92 Å². The van der Waals surface area contributed by atoms with Gasteiger partial charge in [-0.3, -0.25) is 4.98 Å². The van der Waals surface area contributed by atoms with Crippen LogP contribution in [-0.4, -0.2) is 16.7 Å². The van der Waals surface area contributed by atoms with Gasteiger partial charge in [0.1, 0.15) is 5.75 Å². The van der Waals surface area contributed by atoms with Crippen molar-refractivity contribution in [2.75, 3.05) is 6.61 Å². The second kappa shape index (κ2) is 6.48. The van der Waals surface area contributed by atoms with E-state index in [4.69, 9.17) is 4.74 Å². The molecule has 90 valence electrons. The van der Waals surface area contributed by atoms with Crippen molar-refractivity contribution in [3.63, 3.8) is 0 Å². The number of pyridine rings is 1. The summed E-state index contributed by atoms with van der Waals surface area (Å²) >= 11 is 0. The van der Waals surface area contributed by atoms with Crippen LogP contribution in [0.5, 0.6) is 5.75 Å². The summed E-state index contributed by atoms with van der Waals surface area (Å²) in [6.07, 6.45) is 4.72. The third-order valence-corrected chi connectivity index (χ3v) is 2.45. The monoisotopic (exact) mass is 223 g/mol. The van der Waals surface area contributed by atoms with E-state index in [0.29, 0.717) is 12.5 Å². The molecule has 1 heterocycles. The number of nitrogens with zero attached hydrogens (tertiary/aromatic N) is 1. The van der Waals surface area contributed by atoms with Crippen molar-refractivity contribution in [2.45, 2.75) is 39.7 Å². The molecule has 1 aromatic rings. The summed E-state index contributed by atoms with van der Waals surface area (Å²) in [4.78, 5) is 4.07. The Balaban J connectivity index is 2.60. The molecule has 0 amide bonds. The maximum atomic E-state index is 9.97. The predicted molar refractivity (Wildman–Crippen MR) is 64.4 cm³/mol. The Morgan fingerprint density at radius 3 is 2.69 bits per heavy atom. The first-order valence-electron chi connectivity index (χ1n) is 5.89. The summed E-state index contributed by atoms with van der Waals surface area (Å²) in [5, 5.41) is 9.97. The molecule has 0 fully saturated rings. The van der Waals surface area contributed by atoms with E-state index in [1.54, 1.807) is 12.4 Å². The summed E-state index contributed by atoms with van der Waals surface area (Å²) in [6.45, 7) is 6.86. The highest BCUT2D eigenvalue weighted by Crippen LogP contribution is 2.23. The largest absolute Gasteiger partial charge is 0.492 e. The van der Waals surface area contributed by atoms with Gasteiger partial charge in [-0.15, -0.1) is 0 Å². The molecule has 0 aliphatic heterocycles. The molecule has 1 aromatic heterocycles. The van der Waals surface area contributed by atoms with Gasteiger partial charge in [-0.25, -0.2) is 0 Å². The maximum absolute atomic E-state index is 9.97. The number of rotatable bonds is 6. The molecule has 16 heavy (non-hydrogen) atoms. The van der Waals surface area contributed by atoms with Gasteiger partial charge in [0.05, 0.1) is 18.9 Å².